The minimum atomic E-state index is 0.0924. The topological polar surface area (TPSA) is 35.2 Å². The first kappa shape index (κ1) is 12.8. The van der Waals surface area contributed by atoms with E-state index < -0.39 is 0 Å². The normalized spacial score (nSPS) is 12.0. The van der Waals surface area contributed by atoms with Crippen molar-refractivity contribution in [1.29, 1.82) is 0 Å². The largest absolute Gasteiger partial charge is 0.494 e. The maximum Gasteiger partial charge on any atom is 0.119 e. The van der Waals surface area contributed by atoms with Gasteiger partial charge in [-0.05, 0) is 38.5 Å². The fraction of sp³-hybridized carbons (Fsp3) is 0.429. The third-order valence-electron chi connectivity index (χ3n) is 2.26. The Morgan fingerprint density at radius 2 is 2.19 bits per heavy atom. The monoisotopic (exact) mass is 219 g/mol. The lowest BCUT2D eigenvalue weighted by Crippen LogP contribution is -2.20. The smallest absolute Gasteiger partial charge is 0.119 e. The lowest BCUT2D eigenvalue weighted by Gasteiger charge is -2.10. The molecule has 0 fully saturated rings. The maximum atomic E-state index is 5.91. The molecule has 0 radical (unpaired) electrons. The van der Waals surface area contributed by atoms with Crippen LogP contribution in [0.1, 0.15) is 25.8 Å². The van der Waals surface area contributed by atoms with Crippen LogP contribution in [0.15, 0.2) is 35.9 Å². The minimum absolute atomic E-state index is 0.0924. The molecule has 0 spiro atoms. The van der Waals surface area contributed by atoms with Gasteiger partial charge in [-0.15, -0.1) is 0 Å². The van der Waals surface area contributed by atoms with E-state index in [4.69, 9.17) is 10.5 Å². The fourth-order valence-corrected chi connectivity index (χ4v) is 1.53. The molecule has 1 rings (SSSR count). The molecule has 16 heavy (non-hydrogen) atoms. The molecular formula is C14H21NO. The quantitative estimate of drug-likeness (QED) is 0.772. The van der Waals surface area contributed by atoms with E-state index in [0.29, 0.717) is 6.61 Å². The molecule has 0 aromatic heterocycles. The zero-order valence-corrected chi connectivity index (χ0v) is 10.4. The molecule has 1 aromatic rings. The highest BCUT2D eigenvalue weighted by atomic mass is 16.5. The molecule has 1 unspecified atom stereocenters. The third kappa shape index (κ3) is 4.99. The van der Waals surface area contributed by atoms with Crippen LogP contribution in [0.3, 0.4) is 0 Å². The summed E-state index contributed by atoms with van der Waals surface area (Å²) >= 11 is 0. The van der Waals surface area contributed by atoms with Gasteiger partial charge in [-0.2, -0.15) is 0 Å². The van der Waals surface area contributed by atoms with Gasteiger partial charge in [-0.3, -0.25) is 0 Å². The molecule has 2 heteroatoms. The predicted octanol–water partition coefficient (Wildman–Crippen LogP) is 3.06. The Hall–Kier alpha value is -1.28. The number of benzene rings is 1. The summed E-state index contributed by atoms with van der Waals surface area (Å²) in [5, 5.41) is 0. The second-order valence-electron chi connectivity index (χ2n) is 4.36. The molecule has 2 N–H and O–H groups in total. The van der Waals surface area contributed by atoms with E-state index in [9.17, 15) is 0 Å². The van der Waals surface area contributed by atoms with Gasteiger partial charge in [-0.1, -0.05) is 23.8 Å². The van der Waals surface area contributed by atoms with Crippen LogP contribution in [-0.2, 0) is 0 Å². The van der Waals surface area contributed by atoms with Crippen LogP contribution in [0.25, 0.3) is 0 Å². The van der Waals surface area contributed by atoms with Crippen molar-refractivity contribution in [3.8, 4) is 5.75 Å². The molecule has 0 bridgehead atoms. The van der Waals surface area contributed by atoms with Gasteiger partial charge in [0, 0.05) is 12.5 Å². The molecule has 2 nitrogen and oxygen atoms in total. The minimum Gasteiger partial charge on any atom is -0.494 e. The van der Waals surface area contributed by atoms with E-state index in [-0.39, 0.29) is 6.04 Å². The number of aryl methyl sites for hydroxylation is 1. The van der Waals surface area contributed by atoms with E-state index in [1.54, 1.807) is 0 Å². The second-order valence-corrected chi connectivity index (χ2v) is 4.36. The van der Waals surface area contributed by atoms with Gasteiger partial charge in [0.15, 0.2) is 0 Å². The number of nitrogens with two attached hydrogens (primary N) is 1. The molecule has 0 saturated heterocycles. The van der Waals surface area contributed by atoms with Gasteiger partial charge in [0.25, 0.3) is 0 Å². The summed E-state index contributed by atoms with van der Waals surface area (Å²) in [6.07, 6.45) is 2.92. The molecule has 0 aliphatic carbocycles. The fourth-order valence-electron chi connectivity index (χ4n) is 1.53. The summed E-state index contributed by atoms with van der Waals surface area (Å²) in [6.45, 7) is 6.83. The van der Waals surface area contributed by atoms with E-state index in [1.807, 2.05) is 18.2 Å². The Kier molecular flexibility index (Phi) is 5.06. The molecule has 0 saturated carbocycles. The summed E-state index contributed by atoms with van der Waals surface area (Å²) in [6, 6.07) is 8.16. The highest BCUT2D eigenvalue weighted by Crippen LogP contribution is 2.12. The molecule has 0 amide bonds. The Labute approximate surface area is 98.1 Å². The molecule has 1 atom stereocenters. The highest BCUT2D eigenvalue weighted by molar-refractivity contribution is 5.27. The number of ether oxygens (including phenoxy) is 1. The maximum absolute atomic E-state index is 5.91. The van der Waals surface area contributed by atoms with Gasteiger partial charge in [0.2, 0.25) is 0 Å². The van der Waals surface area contributed by atoms with Crippen molar-refractivity contribution in [2.75, 3.05) is 6.61 Å². The van der Waals surface area contributed by atoms with Crippen LogP contribution in [0, 0.1) is 6.92 Å². The molecular weight excluding hydrogens is 198 g/mol. The van der Waals surface area contributed by atoms with Gasteiger partial charge < -0.3 is 10.5 Å². The number of hydrogen-bond donors (Lipinski definition) is 1. The summed E-state index contributed by atoms with van der Waals surface area (Å²) in [5.41, 5.74) is 8.38. The van der Waals surface area contributed by atoms with Gasteiger partial charge in [0.1, 0.15) is 5.75 Å². The molecule has 0 aliphatic heterocycles. The van der Waals surface area contributed by atoms with Crippen molar-refractivity contribution >= 4 is 0 Å². The Balaban J connectivity index is 2.33. The molecule has 0 heterocycles. The molecule has 1 aromatic carbocycles. The van der Waals surface area contributed by atoms with Crippen molar-refractivity contribution in [2.24, 2.45) is 5.73 Å². The predicted molar refractivity (Wildman–Crippen MR) is 68.7 cm³/mol. The zero-order valence-electron chi connectivity index (χ0n) is 10.4. The summed E-state index contributed by atoms with van der Waals surface area (Å²) in [4.78, 5) is 0. The van der Waals surface area contributed by atoms with Crippen LogP contribution in [0.4, 0.5) is 0 Å². The van der Waals surface area contributed by atoms with Crippen LogP contribution < -0.4 is 10.5 Å². The van der Waals surface area contributed by atoms with Crippen molar-refractivity contribution in [1.82, 2.24) is 0 Å². The Bertz CT molecular complexity index is 354. The van der Waals surface area contributed by atoms with Crippen LogP contribution in [-0.4, -0.2) is 12.6 Å². The van der Waals surface area contributed by atoms with Crippen molar-refractivity contribution in [2.45, 2.75) is 33.2 Å². The van der Waals surface area contributed by atoms with Crippen molar-refractivity contribution < 1.29 is 4.74 Å². The number of allylic oxidation sites excluding steroid dienone is 1. The van der Waals surface area contributed by atoms with E-state index in [1.165, 1.54) is 11.1 Å². The second kappa shape index (κ2) is 6.33. The Morgan fingerprint density at radius 1 is 1.44 bits per heavy atom. The van der Waals surface area contributed by atoms with Crippen LogP contribution in [0.2, 0.25) is 0 Å². The van der Waals surface area contributed by atoms with Crippen LogP contribution in [0.5, 0.6) is 5.75 Å². The highest BCUT2D eigenvalue weighted by Gasteiger charge is 1.99. The van der Waals surface area contributed by atoms with Crippen LogP contribution >= 0.6 is 0 Å². The van der Waals surface area contributed by atoms with E-state index in [0.717, 1.165) is 12.2 Å². The summed E-state index contributed by atoms with van der Waals surface area (Å²) in [7, 11) is 0. The van der Waals surface area contributed by atoms with E-state index >= 15 is 0 Å². The Morgan fingerprint density at radius 3 is 2.81 bits per heavy atom. The SMILES string of the molecule is CC(C)=CC(N)CCOc1cccc(C)c1. The average Bonchev–Trinajstić information content (AvgIpc) is 2.16. The van der Waals surface area contributed by atoms with Gasteiger partial charge in [-0.25, -0.2) is 0 Å². The average molecular weight is 219 g/mol. The lowest BCUT2D eigenvalue weighted by atomic mass is 10.1. The lowest BCUT2D eigenvalue weighted by molar-refractivity contribution is 0.305. The zero-order chi connectivity index (χ0) is 12.0. The number of hydrogen-bond acceptors (Lipinski definition) is 2. The van der Waals surface area contributed by atoms with Gasteiger partial charge in [0.05, 0.1) is 6.61 Å². The summed E-state index contributed by atoms with van der Waals surface area (Å²) < 4.78 is 5.63. The number of rotatable bonds is 5. The van der Waals surface area contributed by atoms with Crippen molar-refractivity contribution in [3.05, 3.63) is 41.5 Å². The van der Waals surface area contributed by atoms with Gasteiger partial charge >= 0.3 is 0 Å². The first-order valence-corrected chi connectivity index (χ1v) is 5.68. The molecule has 0 aliphatic rings. The third-order valence-corrected chi connectivity index (χ3v) is 2.26. The first-order valence-electron chi connectivity index (χ1n) is 5.68. The summed E-state index contributed by atoms with van der Waals surface area (Å²) in [5.74, 6) is 0.921. The van der Waals surface area contributed by atoms with Crippen molar-refractivity contribution in [3.63, 3.8) is 0 Å². The van der Waals surface area contributed by atoms with E-state index in [2.05, 4.69) is 32.9 Å². The first-order chi connectivity index (χ1) is 7.58. The molecule has 88 valence electrons. The standard InChI is InChI=1S/C14H21NO/c1-11(2)9-13(15)7-8-16-14-6-4-5-12(3)10-14/h4-6,9-10,13H,7-8,15H2,1-3H3.